The molecule has 4 atom stereocenters. The number of esters is 2. The number of aryl methyl sites for hydroxylation is 1. The van der Waals surface area contributed by atoms with Crippen LogP contribution in [-0.2, 0) is 35.1 Å². The molecular formula is C35H41Cl2N5O6S. The number of carbonyl (C=O) groups is 4. The fraction of sp³-hybridized carbons (Fsp3) is 0.543. The van der Waals surface area contributed by atoms with Crippen molar-refractivity contribution < 1.29 is 28.7 Å². The molecule has 262 valence electrons. The number of rotatable bonds is 9. The highest BCUT2D eigenvalue weighted by Crippen LogP contribution is 2.47. The third-order valence-electron chi connectivity index (χ3n) is 10.5. The lowest BCUT2D eigenvalue weighted by atomic mass is 9.74. The van der Waals surface area contributed by atoms with Crippen molar-refractivity contribution in [3.63, 3.8) is 0 Å². The van der Waals surface area contributed by atoms with Gasteiger partial charge in [-0.2, -0.15) is 0 Å². The van der Waals surface area contributed by atoms with Gasteiger partial charge < -0.3 is 19.3 Å². The van der Waals surface area contributed by atoms with E-state index in [2.05, 4.69) is 9.88 Å². The Kier molecular flexibility index (Phi) is 11.1. The second-order valence-corrected chi connectivity index (χ2v) is 15.0. The number of hydrogen-bond donors (Lipinski definition) is 0. The number of likely N-dealkylation sites (tertiary alicyclic amines) is 1. The Morgan fingerprint density at radius 1 is 0.939 bits per heavy atom. The Hall–Kier alpha value is -3.32. The smallest absolute Gasteiger partial charge is 0.336 e. The van der Waals surface area contributed by atoms with Crippen molar-refractivity contribution >= 4 is 64.0 Å². The Labute approximate surface area is 300 Å². The molecule has 4 aliphatic rings. The van der Waals surface area contributed by atoms with E-state index in [1.165, 1.54) is 25.6 Å². The Morgan fingerprint density at radius 3 is 2.18 bits per heavy atom. The molecule has 1 aliphatic carbocycles. The van der Waals surface area contributed by atoms with Gasteiger partial charge in [0, 0.05) is 91.9 Å². The lowest BCUT2D eigenvalue weighted by molar-refractivity contribution is -0.143. The number of nitrogens with zero attached hydrogens (tertiary/aromatic N) is 5. The average Bonchev–Trinajstić information content (AvgIpc) is 3.85. The van der Waals surface area contributed by atoms with Crippen LogP contribution in [0.4, 0.5) is 0 Å². The van der Waals surface area contributed by atoms with Gasteiger partial charge in [-0.1, -0.05) is 29.3 Å². The highest BCUT2D eigenvalue weighted by molar-refractivity contribution is 7.09. The van der Waals surface area contributed by atoms with Crippen LogP contribution >= 0.6 is 34.5 Å². The topological polar surface area (TPSA) is 122 Å². The Morgan fingerprint density at radius 2 is 1.61 bits per heavy atom. The van der Waals surface area contributed by atoms with Crippen LogP contribution in [0.2, 0.25) is 10.0 Å². The summed E-state index contributed by atoms with van der Waals surface area (Å²) >= 11 is 15.0. The number of ether oxygens (including phenoxy) is 2. The van der Waals surface area contributed by atoms with Crippen molar-refractivity contribution in [2.45, 2.75) is 51.0 Å². The highest BCUT2D eigenvalue weighted by atomic mass is 35.5. The van der Waals surface area contributed by atoms with Gasteiger partial charge in [-0.3, -0.25) is 24.3 Å². The zero-order valence-corrected chi connectivity index (χ0v) is 30.2. The van der Waals surface area contributed by atoms with Gasteiger partial charge >= 0.3 is 11.9 Å². The number of methoxy groups -OCH3 is 2. The van der Waals surface area contributed by atoms with Crippen LogP contribution in [0.25, 0.3) is 0 Å². The Bertz CT molecular complexity index is 1620. The molecule has 3 fully saturated rings. The number of carbonyl (C=O) groups excluding carboxylic acids is 4. The van der Waals surface area contributed by atoms with Gasteiger partial charge in [0.2, 0.25) is 11.8 Å². The highest BCUT2D eigenvalue weighted by Gasteiger charge is 2.47. The predicted octanol–water partition coefficient (Wildman–Crippen LogP) is 4.63. The molecule has 1 aromatic heterocycles. The van der Waals surface area contributed by atoms with E-state index in [1.807, 2.05) is 15.2 Å². The number of aliphatic imine (C=N–C) groups is 1. The van der Waals surface area contributed by atoms with E-state index in [0.717, 1.165) is 44.0 Å². The van der Waals surface area contributed by atoms with E-state index >= 15 is 0 Å². The summed E-state index contributed by atoms with van der Waals surface area (Å²) in [6.07, 6.45) is 4.54. The molecule has 4 heterocycles. The van der Waals surface area contributed by atoms with E-state index in [0.29, 0.717) is 55.1 Å². The fourth-order valence-electron chi connectivity index (χ4n) is 8.09. The molecule has 14 heteroatoms. The molecule has 2 aromatic rings. The van der Waals surface area contributed by atoms with E-state index < -0.39 is 23.8 Å². The maximum atomic E-state index is 14.0. The molecule has 2 amide bonds. The number of fused-ring (bicyclic) bond motifs is 1. The largest absolute Gasteiger partial charge is 0.468 e. The summed E-state index contributed by atoms with van der Waals surface area (Å²) in [4.78, 5) is 68.5. The second kappa shape index (κ2) is 15.3. The molecule has 3 aliphatic heterocycles. The molecule has 1 saturated carbocycles. The van der Waals surface area contributed by atoms with Crippen molar-refractivity contribution in [2.75, 3.05) is 53.5 Å². The van der Waals surface area contributed by atoms with Crippen LogP contribution in [0.5, 0.6) is 0 Å². The number of amides is 2. The minimum Gasteiger partial charge on any atom is -0.468 e. The zero-order chi connectivity index (χ0) is 34.8. The number of aromatic nitrogens is 1. The molecule has 4 unspecified atom stereocenters. The summed E-state index contributed by atoms with van der Waals surface area (Å²) in [7, 11) is 2.54. The van der Waals surface area contributed by atoms with Crippen LogP contribution in [0.1, 0.15) is 49.1 Å². The normalized spacial score (nSPS) is 25.7. The van der Waals surface area contributed by atoms with Gasteiger partial charge in [-0.05, 0) is 48.8 Å². The molecule has 49 heavy (non-hydrogen) atoms. The number of halogens is 2. The molecule has 2 saturated heterocycles. The Balaban J connectivity index is 1.26. The van der Waals surface area contributed by atoms with Crippen LogP contribution in [0.3, 0.4) is 0 Å². The third-order valence-corrected chi connectivity index (χ3v) is 12.0. The van der Waals surface area contributed by atoms with Gasteiger partial charge in [0.05, 0.1) is 36.9 Å². The molecule has 6 rings (SSSR count). The summed E-state index contributed by atoms with van der Waals surface area (Å²) in [5.74, 6) is -2.29. The minimum atomic E-state index is -1.03. The van der Waals surface area contributed by atoms with Crippen LogP contribution in [0, 0.1) is 17.8 Å². The molecule has 0 spiro atoms. The first-order chi connectivity index (χ1) is 23.6. The maximum Gasteiger partial charge on any atom is 0.336 e. The minimum absolute atomic E-state index is 0.0648. The van der Waals surface area contributed by atoms with Crippen LogP contribution < -0.4 is 0 Å². The van der Waals surface area contributed by atoms with Gasteiger partial charge in [0.1, 0.15) is 5.92 Å². The first kappa shape index (κ1) is 35.5. The number of hydrogen-bond acceptors (Lipinski definition) is 10. The summed E-state index contributed by atoms with van der Waals surface area (Å²) in [5.41, 5.74) is 1.12. The molecule has 1 aromatic carbocycles. The van der Waals surface area contributed by atoms with Crippen molar-refractivity contribution in [3.05, 3.63) is 61.7 Å². The summed E-state index contributed by atoms with van der Waals surface area (Å²) < 4.78 is 10.5. The predicted molar refractivity (Wildman–Crippen MR) is 187 cm³/mol. The van der Waals surface area contributed by atoms with E-state index in [9.17, 15) is 19.2 Å². The number of benzene rings is 1. The maximum absolute atomic E-state index is 14.0. The average molecular weight is 731 g/mol. The lowest BCUT2D eigenvalue weighted by Crippen LogP contribution is -2.51. The van der Waals surface area contributed by atoms with E-state index in [1.54, 1.807) is 31.3 Å². The van der Waals surface area contributed by atoms with Crippen molar-refractivity contribution in [1.82, 2.24) is 19.7 Å². The molecule has 11 nitrogen and oxygen atoms in total. The summed E-state index contributed by atoms with van der Waals surface area (Å²) in [6, 6.07) is 5.43. The molecule has 0 N–H and O–H groups in total. The quantitative estimate of drug-likeness (QED) is 0.343. The summed E-state index contributed by atoms with van der Waals surface area (Å²) in [5, 5.41) is 3.27. The van der Waals surface area contributed by atoms with Crippen LogP contribution in [0.15, 0.2) is 46.0 Å². The zero-order valence-electron chi connectivity index (χ0n) is 27.9. The van der Waals surface area contributed by atoms with Gasteiger partial charge in [0.15, 0.2) is 0 Å². The second-order valence-electron chi connectivity index (χ2n) is 13.2. The molecule has 0 radical (unpaired) electrons. The summed E-state index contributed by atoms with van der Waals surface area (Å²) in [6.45, 7) is 5.93. The fourth-order valence-corrected chi connectivity index (χ4v) is 9.34. The van der Waals surface area contributed by atoms with Crippen molar-refractivity contribution in [3.8, 4) is 0 Å². The number of piperazine rings is 1. The molecular weight excluding hydrogens is 689 g/mol. The lowest BCUT2D eigenvalue weighted by Gasteiger charge is -2.39. The monoisotopic (exact) mass is 729 g/mol. The van der Waals surface area contributed by atoms with Gasteiger partial charge in [-0.25, -0.2) is 9.78 Å². The first-order valence-electron chi connectivity index (χ1n) is 16.7. The van der Waals surface area contributed by atoms with Crippen molar-refractivity contribution in [2.24, 2.45) is 22.7 Å². The standard InChI is InChI=1S/C35H41Cl2N5O6S/c1-20(43)42-18-21-15-23(16-22(21)19-42)40-10-12-41(13-11-40)29(44)17-27-32(35(46)48-3)33(30-24(36)5-4-6-25(30)37)31(34(45)47-2)26(39-27)7-8-28-38-9-14-49-28/h4-6,9,14,21-23,31,33H,7-8,10-13,15-19H2,1-3H3. The van der Waals surface area contributed by atoms with Crippen LogP contribution in [-0.4, -0.2) is 109 Å². The van der Waals surface area contributed by atoms with Gasteiger partial charge in [0.25, 0.3) is 0 Å². The molecule has 0 bridgehead atoms. The first-order valence-corrected chi connectivity index (χ1v) is 18.3. The number of thiazole rings is 1. The van der Waals surface area contributed by atoms with E-state index in [4.69, 9.17) is 37.7 Å². The third kappa shape index (κ3) is 7.43. The van der Waals surface area contributed by atoms with Crippen molar-refractivity contribution in [1.29, 1.82) is 0 Å². The van der Waals surface area contributed by atoms with E-state index in [-0.39, 0.29) is 39.6 Å². The SMILES string of the molecule is COC(=O)C1=C(CC(=O)N2CCN(C3CC4CN(C(C)=O)CC4C3)CC2)N=C(CCc2nccs2)C(C(=O)OC)C1c1c(Cl)cccc1Cl. The van der Waals surface area contributed by atoms with Gasteiger partial charge in [-0.15, -0.1) is 11.3 Å².